The van der Waals surface area contributed by atoms with Gasteiger partial charge in [0.25, 0.3) is 0 Å². The Morgan fingerprint density at radius 3 is 2.82 bits per heavy atom. The van der Waals surface area contributed by atoms with Crippen molar-refractivity contribution >= 4 is 35.0 Å². The molecule has 1 aromatic rings. The summed E-state index contributed by atoms with van der Waals surface area (Å²) in [6, 6.07) is 1.84. The van der Waals surface area contributed by atoms with Gasteiger partial charge in [-0.3, -0.25) is 0 Å². The lowest BCUT2D eigenvalue weighted by molar-refractivity contribution is 1.10. The van der Waals surface area contributed by atoms with Crippen LogP contribution in [0.25, 0.3) is 0 Å². The summed E-state index contributed by atoms with van der Waals surface area (Å²) in [6.07, 6.45) is 3.68. The average Bonchev–Trinajstić information content (AvgIpc) is 2.04. The Balaban J connectivity index is 2.99. The van der Waals surface area contributed by atoms with Gasteiger partial charge in [0.1, 0.15) is 5.03 Å². The summed E-state index contributed by atoms with van der Waals surface area (Å²) in [5.74, 6) is 0.460. The molecule has 0 spiro atoms. The molecule has 4 heteroatoms. The summed E-state index contributed by atoms with van der Waals surface area (Å²) in [7, 11) is 0. The minimum Gasteiger partial charge on any atom is -0.248 e. The Labute approximate surface area is 80.1 Å². The van der Waals surface area contributed by atoms with E-state index in [1.54, 1.807) is 6.20 Å². The summed E-state index contributed by atoms with van der Waals surface area (Å²) in [4.78, 5) is 4.11. The van der Waals surface area contributed by atoms with Crippen LogP contribution in [0, 0.1) is 0 Å². The van der Waals surface area contributed by atoms with Crippen LogP contribution in [0.2, 0.25) is 5.02 Å². The van der Waals surface area contributed by atoms with Crippen molar-refractivity contribution in [1.82, 2.24) is 4.98 Å². The van der Waals surface area contributed by atoms with Crippen LogP contribution < -0.4 is 0 Å². The van der Waals surface area contributed by atoms with Crippen LogP contribution in [-0.2, 0) is 5.88 Å². The van der Waals surface area contributed by atoms with Crippen molar-refractivity contribution in [2.45, 2.75) is 10.9 Å². The fourth-order valence-electron chi connectivity index (χ4n) is 0.688. The quantitative estimate of drug-likeness (QED) is 0.546. The minimum atomic E-state index is 0.460. The Morgan fingerprint density at radius 2 is 2.36 bits per heavy atom. The van der Waals surface area contributed by atoms with E-state index in [-0.39, 0.29) is 0 Å². The lowest BCUT2D eigenvalue weighted by atomic mass is 10.3. The Bertz CT molecular complexity index is 252. The number of halogens is 2. The monoisotopic (exact) mass is 207 g/mol. The molecule has 0 saturated heterocycles. The molecule has 0 N–H and O–H groups in total. The van der Waals surface area contributed by atoms with E-state index in [9.17, 15) is 0 Å². The summed E-state index contributed by atoms with van der Waals surface area (Å²) in [5, 5.41) is 1.52. The summed E-state index contributed by atoms with van der Waals surface area (Å²) < 4.78 is 0. The maximum atomic E-state index is 5.87. The van der Waals surface area contributed by atoms with Gasteiger partial charge in [-0.25, -0.2) is 4.98 Å². The van der Waals surface area contributed by atoms with Crippen molar-refractivity contribution in [1.29, 1.82) is 0 Å². The molecule has 0 aliphatic rings. The van der Waals surface area contributed by atoms with E-state index in [1.807, 2.05) is 12.3 Å². The molecule has 0 saturated carbocycles. The molecule has 60 valence electrons. The van der Waals surface area contributed by atoms with Crippen LogP contribution in [0.3, 0.4) is 0 Å². The van der Waals surface area contributed by atoms with Crippen molar-refractivity contribution in [2.24, 2.45) is 0 Å². The number of alkyl halides is 1. The second kappa shape index (κ2) is 4.19. The topological polar surface area (TPSA) is 12.9 Å². The lowest BCUT2D eigenvalue weighted by Crippen LogP contribution is -1.84. The zero-order valence-corrected chi connectivity index (χ0v) is 8.30. The first-order valence-electron chi connectivity index (χ1n) is 3.02. The van der Waals surface area contributed by atoms with Gasteiger partial charge in [0.2, 0.25) is 0 Å². The largest absolute Gasteiger partial charge is 0.248 e. The van der Waals surface area contributed by atoms with Crippen LogP contribution in [0.15, 0.2) is 17.3 Å². The number of hydrogen-bond acceptors (Lipinski definition) is 2. The Kier molecular flexibility index (Phi) is 3.49. The molecular formula is C7H7Cl2NS. The van der Waals surface area contributed by atoms with Crippen LogP contribution >= 0.6 is 35.0 Å². The minimum absolute atomic E-state index is 0.460. The number of pyridine rings is 1. The number of aromatic nitrogens is 1. The highest BCUT2D eigenvalue weighted by molar-refractivity contribution is 7.98. The average molecular weight is 208 g/mol. The van der Waals surface area contributed by atoms with Gasteiger partial charge >= 0.3 is 0 Å². The standard InChI is InChI=1S/C7H7Cl2NS/c1-11-7-6(9)2-5(3-8)4-10-7/h2,4H,3H2,1H3. The molecular weight excluding hydrogens is 201 g/mol. The molecule has 0 bridgehead atoms. The molecule has 0 radical (unpaired) electrons. The van der Waals surface area contributed by atoms with Crippen LogP contribution in [0.5, 0.6) is 0 Å². The summed E-state index contributed by atoms with van der Waals surface area (Å²) in [5.41, 5.74) is 0.953. The molecule has 1 nitrogen and oxygen atoms in total. The van der Waals surface area contributed by atoms with Gasteiger partial charge < -0.3 is 0 Å². The highest BCUT2D eigenvalue weighted by Gasteiger charge is 2.00. The predicted octanol–water partition coefficient (Wildman–Crippen LogP) is 3.20. The predicted molar refractivity (Wildman–Crippen MR) is 50.6 cm³/mol. The van der Waals surface area contributed by atoms with E-state index in [0.29, 0.717) is 10.9 Å². The molecule has 0 amide bonds. The fraction of sp³-hybridized carbons (Fsp3) is 0.286. The third kappa shape index (κ3) is 2.26. The molecule has 11 heavy (non-hydrogen) atoms. The second-order valence-corrected chi connectivity index (χ2v) is 3.44. The van der Waals surface area contributed by atoms with Gasteiger partial charge in [0.05, 0.1) is 5.02 Å². The fourth-order valence-corrected chi connectivity index (χ4v) is 1.67. The van der Waals surface area contributed by atoms with E-state index in [4.69, 9.17) is 23.2 Å². The highest BCUT2D eigenvalue weighted by atomic mass is 35.5. The van der Waals surface area contributed by atoms with Crippen molar-refractivity contribution in [2.75, 3.05) is 6.26 Å². The molecule has 1 aromatic heterocycles. The van der Waals surface area contributed by atoms with Gasteiger partial charge in [-0.15, -0.1) is 23.4 Å². The van der Waals surface area contributed by atoms with E-state index in [2.05, 4.69) is 4.98 Å². The first kappa shape index (κ1) is 9.17. The number of nitrogens with zero attached hydrogens (tertiary/aromatic N) is 1. The molecule has 0 aliphatic heterocycles. The van der Waals surface area contributed by atoms with E-state index < -0.39 is 0 Å². The molecule has 0 aromatic carbocycles. The smallest absolute Gasteiger partial charge is 0.114 e. The lowest BCUT2D eigenvalue weighted by Gasteiger charge is -1.99. The van der Waals surface area contributed by atoms with E-state index >= 15 is 0 Å². The van der Waals surface area contributed by atoms with Gasteiger partial charge in [-0.05, 0) is 17.9 Å². The van der Waals surface area contributed by atoms with Gasteiger partial charge in [-0.2, -0.15) is 0 Å². The Hall–Kier alpha value is 0.0800. The molecule has 0 fully saturated rings. The van der Waals surface area contributed by atoms with Crippen LogP contribution in [0.1, 0.15) is 5.56 Å². The molecule has 0 aliphatic carbocycles. The first-order chi connectivity index (χ1) is 5.27. The van der Waals surface area contributed by atoms with E-state index in [1.165, 1.54) is 11.8 Å². The maximum absolute atomic E-state index is 5.87. The number of hydrogen-bond donors (Lipinski definition) is 0. The highest BCUT2D eigenvalue weighted by Crippen LogP contribution is 2.23. The third-order valence-electron chi connectivity index (χ3n) is 1.21. The van der Waals surface area contributed by atoms with Crippen LogP contribution in [-0.4, -0.2) is 11.2 Å². The maximum Gasteiger partial charge on any atom is 0.114 e. The first-order valence-corrected chi connectivity index (χ1v) is 5.16. The number of thioether (sulfide) groups is 1. The summed E-state index contributed by atoms with van der Waals surface area (Å²) >= 11 is 13.0. The number of rotatable bonds is 2. The molecule has 0 atom stereocenters. The zero-order valence-electron chi connectivity index (χ0n) is 5.97. The van der Waals surface area contributed by atoms with E-state index in [0.717, 1.165) is 10.6 Å². The van der Waals surface area contributed by atoms with Gasteiger partial charge in [0.15, 0.2) is 0 Å². The van der Waals surface area contributed by atoms with Gasteiger partial charge in [0, 0.05) is 12.1 Å². The van der Waals surface area contributed by atoms with Crippen molar-refractivity contribution in [3.63, 3.8) is 0 Å². The molecule has 1 rings (SSSR count). The third-order valence-corrected chi connectivity index (χ3v) is 2.63. The van der Waals surface area contributed by atoms with Gasteiger partial charge in [-0.1, -0.05) is 11.6 Å². The van der Waals surface area contributed by atoms with Crippen molar-refractivity contribution in [3.8, 4) is 0 Å². The second-order valence-electron chi connectivity index (χ2n) is 1.97. The SMILES string of the molecule is CSc1ncc(CCl)cc1Cl. The molecule has 0 unspecified atom stereocenters. The normalized spacial score (nSPS) is 10.1. The summed E-state index contributed by atoms with van der Waals surface area (Å²) in [6.45, 7) is 0. The molecule has 1 heterocycles. The van der Waals surface area contributed by atoms with Crippen molar-refractivity contribution < 1.29 is 0 Å². The van der Waals surface area contributed by atoms with Crippen LogP contribution in [0.4, 0.5) is 0 Å². The Morgan fingerprint density at radius 1 is 1.64 bits per heavy atom. The van der Waals surface area contributed by atoms with Crippen molar-refractivity contribution in [3.05, 3.63) is 22.8 Å². The zero-order chi connectivity index (χ0) is 8.27.